The summed E-state index contributed by atoms with van der Waals surface area (Å²) in [7, 11) is 0. The van der Waals surface area contributed by atoms with Gasteiger partial charge in [0, 0.05) is 6.61 Å². The van der Waals surface area contributed by atoms with Gasteiger partial charge in [-0.3, -0.25) is 0 Å². The fourth-order valence-corrected chi connectivity index (χ4v) is 1.75. The van der Waals surface area contributed by atoms with Crippen molar-refractivity contribution < 1.29 is 9.13 Å². The van der Waals surface area contributed by atoms with Crippen LogP contribution >= 0.6 is 0 Å². The average Bonchev–Trinajstić information content (AvgIpc) is 2.32. The van der Waals surface area contributed by atoms with Gasteiger partial charge in [-0.25, -0.2) is 4.39 Å². The predicted molar refractivity (Wildman–Crippen MR) is 68.7 cm³/mol. The summed E-state index contributed by atoms with van der Waals surface area (Å²) >= 11 is 0. The molecular formula is C14H22FNO. The molecule has 0 saturated heterocycles. The molecule has 0 saturated carbocycles. The van der Waals surface area contributed by atoms with Crippen LogP contribution in [0.4, 0.5) is 4.39 Å². The highest BCUT2D eigenvalue weighted by atomic mass is 19.1. The van der Waals surface area contributed by atoms with Crippen molar-refractivity contribution in [2.75, 3.05) is 19.8 Å². The summed E-state index contributed by atoms with van der Waals surface area (Å²) in [6.07, 6.45) is 1.02. The third-order valence-electron chi connectivity index (χ3n) is 2.67. The van der Waals surface area contributed by atoms with Gasteiger partial charge in [0.05, 0.1) is 12.6 Å². The topological polar surface area (TPSA) is 21.3 Å². The SMILES string of the molecule is CCCOCC(NCC)c1ccc(F)c(C)c1. The highest BCUT2D eigenvalue weighted by Crippen LogP contribution is 2.17. The lowest BCUT2D eigenvalue weighted by Crippen LogP contribution is -2.25. The fraction of sp³-hybridized carbons (Fsp3) is 0.571. The smallest absolute Gasteiger partial charge is 0.126 e. The zero-order chi connectivity index (χ0) is 12.7. The summed E-state index contributed by atoms with van der Waals surface area (Å²) in [5, 5.41) is 3.36. The van der Waals surface area contributed by atoms with Crippen LogP contribution in [0.2, 0.25) is 0 Å². The molecule has 1 aromatic carbocycles. The van der Waals surface area contributed by atoms with E-state index < -0.39 is 0 Å². The Morgan fingerprint density at radius 3 is 2.71 bits per heavy atom. The molecule has 96 valence electrons. The second-order valence-corrected chi connectivity index (χ2v) is 4.19. The van der Waals surface area contributed by atoms with Crippen LogP contribution < -0.4 is 5.32 Å². The maximum absolute atomic E-state index is 13.2. The number of hydrogen-bond donors (Lipinski definition) is 1. The summed E-state index contributed by atoms with van der Waals surface area (Å²) in [5.74, 6) is -0.154. The minimum absolute atomic E-state index is 0.144. The third kappa shape index (κ3) is 4.44. The van der Waals surface area contributed by atoms with E-state index in [2.05, 4.69) is 19.2 Å². The van der Waals surface area contributed by atoms with Crippen molar-refractivity contribution >= 4 is 0 Å². The van der Waals surface area contributed by atoms with E-state index in [1.54, 1.807) is 6.92 Å². The van der Waals surface area contributed by atoms with E-state index in [9.17, 15) is 4.39 Å². The Kier molecular flexibility index (Phi) is 6.16. The fourth-order valence-electron chi connectivity index (χ4n) is 1.75. The number of ether oxygens (including phenoxy) is 1. The first-order chi connectivity index (χ1) is 8.19. The van der Waals surface area contributed by atoms with Crippen molar-refractivity contribution in [1.29, 1.82) is 0 Å². The van der Waals surface area contributed by atoms with Crippen molar-refractivity contribution in [3.63, 3.8) is 0 Å². The van der Waals surface area contributed by atoms with Gasteiger partial charge >= 0.3 is 0 Å². The molecule has 0 aliphatic heterocycles. The first-order valence-corrected chi connectivity index (χ1v) is 6.26. The zero-order valence-corrected chi connectivity index (χ0v) is 10.9. The summed E-state index contributed by atoms with van der Waals surface area (Å²) < 4.78 is 18.8. The Bertz CT molecular complexity index is 341. The second-order valence-electron chi connectivity index (χ2n) is 4.19. The van der Waals surface area contributed by atoms with Gasteiger partial charge in [-0.2, -0.15) is 0 Å². The molecule has 1 atom stereocenters. The predicted octanol–water partition coefficient (Wildman–Crippen LogP) is 3.21. The van der Waals surface area contributed by atoms with Gasteiger partial charge < -0.3 is 10.1 Å². The molecule has 0 radical (unpaired) electrons. The van der Waals surface area contributed by atoms with Crippen LogP contribution in [-0.4, -0.2) is 19.8 Å². The number of aryl methyl sites for hydroxylation is 1. The second kappa shape index (κ2) is 7.41. The van der Waals surface area contributed by atoms with Crippen LogP contribution in [0, 0.1) is 12.7 Å². The van der Waals surface area contributed by atoms with Crippen LogP contribution in [0.25, 0.3) is 0 Å². The van der Waals surface area contributed by atoms with Crippen molar-refractivity contribution in [3.8, 4) is 0 Å². The molecule has 0 aromatic heterocycles. The molecule has 0 fully saturated rings. The summed E-state index contributed by atoms with van der Waals surface area (Å²) in [6, 6.07) is 5.38. The molecule has 0 spiro atoms. The first-order valence-electron chi connectivity index (χ1n) is 6.26. The maximum atomic E-state index is 13.2. The molecule has 0 aliphatic carbocycles. The van der Waals surface area contributed by atoms with Gasteiger partial charge in [0.25, 0.3) is 0 Å². The van der Waals surface area contributed by atoms with E-state index in [1.807, 2.05) is 12.1 Å². The average molecular weight is 239 g/mol. The lowest BCUT2D eigenvalue weighted by molar-refractivity contribution is 0.112. The third-order valence-corrected chi connectivity index (χ3v) is 2.67. The highest BCUT2D eigenvalue weighted by Gasteiger charge is 2.11. The molecule has 3 heteroatoms. The quantitative estimate of drug-likeness (QED) is 0.738. The van der Waals surface area contributed by atoms with Crippen molar-refractivity contribution in [2.45, 2.75) is 33.2 Å². The van der Waals surface area contributed by atoms with Gasteiger partial charge in [-0.15, -0.1) is 0 Å². The Balaban J connectivity index is 2.70. The first kappa shape index (κ1) is 14.1. The zero-order valence-electron chi connectivity index (χ0n) is 10.9. The number of benzene rings is 1. The summed E-state index contributed by atoms with van der Waals surface area (Å²) in [5.41, 5.74) is 1.77. The van der Waals surface area contributed by atoms with Crippen molar-refractivity contribution in [3.05, 3.63) is 35.1 Å². The van der Waals surface area contributed by atoms with E-state index in [4.69, 9.17) is 4.74 Å². The van der Waals surface area contributed by atoms with E-state index in [0.29, 0.717) is 12.2 Å². The Morgan fingerprint density at radius 1 is 1.35 bits per heavy atom. The van der Waals surface area contributed by atoms with Crippen molar-refractivity contribution in [2.24, 2.45) is 0 Å². The minimum atomic E-state index is -0.154. The maximum Gasteiger partial charge on any atom is 0.126 e. The number of nitrogens with one attached hydrogen (secondary N) is 1. The normalized spacial score (nSPS) is 12.7. The molecule has 0 heterocycles. The van der Waals surface area contributed by atoms with E-state index in [0.717, 1.165) is 25.1 Å². The van der Waals surface area contributed by atoms with Gasteiger partial charge in [-0.05, 0) is 37.1 Å². The molecule has 0 aliphatic rings. The summed E-state index contributed by atoms with van der Waals surface area (Å²) in [6.45, 7) is 8.20. The van der Waals surface area contributed by atoms with E-state index in [-0.39, 0.29) is 11.9 Å². The van der Waals surface area contributed by atoms with Crippen LogP contribution in [0.15, 0.2) is 18.2 Å². The molecule has 1 aromatic rings. The van der Waals surface area contributed by atoms with E-state index in [1.165, 1.54) is 6.07 Å². The molecule has 17 heavy (non-hydrogen) atoms. The number of likely N-dealkylation sites (N-methyl/N-ethyl adjacent to an activating group) is 1. The van der Waals surface area contributed by atoms with Crippen LogP contribution in [0.3, 0.4) is 0 Å². The molecule has 1 unspecified atom stereocenters. The molecule has 1 N–H and O–H groups in total. The lowest BCUT2D eigenvalue weighted by atomic mass is 10.0. The largest absolute Gasteiger partial charge is 0.379 e. The molecule has 2 nitrogen and oxygen atoms in total. The molecule has 0 amide bonds. The number of halogens is 1. The van der Waals surface area contributed by atoms with Gasteiger partial charge in [0.1, 0.15) is 5.82 Å². The molecule has 0 bridgehead atoms. The Labute approximate surface area is 103 Å². The van der Waals surface area contributed by atoms with Gasteiger partial charge in [0.2, 0.25) is 0 Å². The Morgan fingerprint density at radius 2 is 2.12 bits per heavy atom. The lowest BCUT2D eigenvalue weighted by Gasteiger charge is -2.19. The highest BCUT2D eigenvalue weighted by molar-refractivity contribution is 5.26. The van der Waals surface area contributed by atoms with Crippen LogP contribution in [0.1, 0.15) is 37.4 Å². The molecule has 1 rings (SSSR count). The molecular weight excluding hydrogens is 217 g/mol. The van der Waals surface area contributed by atoms with Gasteiger partial charge in [-0.1, -0.05) is 26.0 Å². The number of hydrogen-bond acceptors (Lipinski definition) is 2. The summed E-state index contributed by atoms with van der Waals surface area (Å²) in [4.78, 5) is 0. The van der Waals surface area contributed by atoms with Gasteiger partial charge in [0.15, 0.2) is 0 Å². The van der Waals surface area contributed by atoms with Crippen LogP contribution in [0.5, 0.6) is 0 Å². The number of rotatable bonds is 7. The standard InChI is InChI=1S/C14H22FNO/c1-4-8-17-10-14(16-5-2)12-6-7-13(15)11(3)9-12/h6-7,9,14,16H,4-5,8,10H2,1-3H3. The van der Waals surface area contributed by atoms with Crippen LogP contribution in [-0.2, 0) is 4.74 Å². The Hall–Kier alpha value is -0.930. The minimum Gasteiger partial charge on any atom is -0.379 e. The van der Waals surface area contributed by atoms with E-state index >= 15 is 0 Å². The monoisotopic (exact) mass is 239 g/mol. The van der Waals surface area contributed by atoms with Crippen molar-refractivity contribution in [1.82, 2.24) is 5.32 Å².